The molecule has 1 aromatic carbocycles. The van der Waals surface area contributed by atoms with Crippen molar-refractivity contribution in [3.63, 3.8) is 0 Å². The van der Waals surface area contributed by atoms with Crippen LogP contribution in [0.5, 0.6) is 0 Å². The molecule has 1 heterocycles. The molecular weight excluding hydrogens is 300 g/mol. The Morgan fingerprint density at radius 1 is 1.12 bits per heavy atom. The number of hydrogen-bond donors (Lipinski definition) is 1. The second kappa shape index (κ2) is 9.01. The molecule has 2 aromatic rings. The molecule has 24 heavy (non-hydrogen) atoms. The fourth-order valence-electron chi connectivity index (χ4n) is 2.55. The van der Waals surface area contributed by atoms with E-state index in [0.717, 1.165) is 31.5 Å². The minimum absolute atomic E-state index is 0.171. The number of carbonyl (C=O) groups excluding carboxylic acids is 1. The van der Waals surface area contributed by atoms with Gasteiger partial charge in [0.2, 0.25) is 5.95 Å². The molecule has 1 aromatic heterocycles. The topological polar surface area (TPSA) is 58.1 Å². The van der Waals surface area contributed by atoms with E-state index in [2.05, 4.69) is 34.0 Å². The second-order valence-corrected chi connectivity index (χ2v) is 5.84. The summed E-state index contributed by atoms with van der Waals surface area (Å²) in [6, 6.07) is 9.69. The molecule has 1 N–H and O–H groups in total. The summed E-state index contributed by atoms with van der Waals surface area (Å²) in [5, 5.41) is 2.94. The second-order valence-electron chi connectivity index (χ2n) is 5.84. The molecule has 0 fully saturated rings. The van der Waals surface area contributed by atoms with Crippen LogP contribution in [-0.2, 0) is 6.54 Å². The SMILES string of the molecule is CCCN(CCC)c1nccc(C(=O)NCc2ccccc2C)n1. The first kappa shape index (κ1) is 17.9. The Morgan fingerprint density at radius 2 is 1.83 bits per heavy atom. The van der Waals surface area contributed by atoms with Gasteiger partial charge in [0.05, 0.1) is 0 Å². The minimum Gasteiger partial charge on any atom is -0.347 e. The number of nitrogens with one attached hydrogen (secondary N) is 1. The molecule has 0 aliphatic heterocycles. The first-order valence-electron chi connectivity index (χ1n) is 8.56. The zero-order valence-corrected chi connectivity index (χ0v) is 14.7. The predicted molar refractivity (Wildman–Crippen MR) is 97.2 cm³/mol. The van der Waals surface area contributed by atoms with Gasteiger partial charge >= 0.3 is 0 Å². The van der Waals surface area contributed by atoms with E-state index < -0.39 is 0 Å². The largest absolute Gasteiger partial charge is 0.347 e. The van der Waals surface area contributed by atoms with Gasteiger partial charge in [-0.05, 0) is 37.0 Å². The van der Waals surface area contributed by atoms with E-state index in [1.807, 2.05) is 31.2 Å². The standard InChI is InChI=1S/C19H26N4O/c1-4-12-23(13-5-2)19-20-11-10-17(22-19)18(24)21-14-16-9-7-6-8-15(16)3/h6-11H,4-5,12-14H2,1-3H3,(H,21,24). The summed E-state index contributed by atoms with van der Waals surface area (Å²) in [4.78, 5) is 23.3. The Morgan fingerprint density at radius 3 is 2.50 bits per heavy atom. The number of carbonyl (C=O) groups is 1. The Kier molecular flexibility index (Phi) is 6.73. The van der Waals surface area contributed by atoms with Crippen LogP contribution in [0.2, 0.25) is 0 Å². The van der Waals surface area contributed by atoms with E-state index in [1.54, 1.807) is 12.3 Å². The highest BCUT2D eigenvalue weighted by Gasteiger charge is 2.12. The third-order valence-corrected chi connectivity index (χ3v) is 3.85. The fraction of sp³-hybridized carbons (Fsp3) is 0.421. The van der Waals surface area contributed by atoms with Crippen molar-refractivity contribution in [2.75, 3.05) is 18.0 Å². The van der Waals surface area contributed by atoms with Gasteiger partial charge in [-0.3, -0.25) is 4.79 Å². The van der Waals surface area contributed by atoms with Crippen LogP contribution >= 0.6 is 0 Å². The van der Waals surface area contributed by atoms with E-state index in [9.17, 15) is 4.79 Å². The molecule has 2 rings (SSSR count). The van der Waals surface area contributed by atoms with Gasteiger partial charge in [-0.2, -0.15) is 0 Å². The van der Waals surface area contributed by atoms with Crippen molar-refractivity contribution in [1.29, 1.82) is 0 Å². The highest BCUT2D eigenvalue weighted by atomic mass is 16.1. The van der Waals surface area contributed by atoms with Crippen LogP contribution in [0.15, 0.2) is 36.5 Å². The van der Waals surface area contributed by atoms with Gasteiger partial charge in [0.15, 0.2) is 0 Å². The normalized spacial score (nSPS) is 10.5. The zero-order valence-electron chi connectivity index (χ0n) is 14.7. The molecule has 128 valence electrons. The number of rotatable bonds is 8. The average molecular weight is 326 g/mol. The van der Waals surface area contributed by atoms with Crippen molar-refractivity contribution in [3.05, 3.63) is 53.3 Å². The molecule has 0 unspecified atom stereocenters. The van der Waals surface area contributed by atoms with Crippen molar-refractivity contribution in [2.45, 2.75) is 40.2 Å². The third-order valence-electron chi connectivity index (χ3n) is 3.85. The molecule has 0 saturated carbocycles. The highest BCUT2D eigenvalue weighted by Crippen LogP contribution is 2.10. The lowest BCUT2D eigenvalue weighted by Crippen LogP contribution is -2.29. The molecule has 0 atom stereocenters. The Balaban J connectivity index is 2.07. The van der Waals surface area contributed by atoms with Gasteiger partial charge in [-0.15, -0.1) is 0 Å². The summed E-state index contributed by atoms with van der Waals surface area (Å²) >= 11 is 0. The van der Waals surface area contributed by atoms with Crippen LogP contribution in [0.4, 0.5) is 5.95 Å². The third kappa shape index (κ3) is 4.78. The summed E-state index contributed by atoms with van der Waals surface area (Å²) in [6.45, 7) is 8.57. The number of aryl methyl sites for hydroxylation is 1. The van der Waals surface area contributed by atoms with Crippen LogP contribution in [0, 0.1) is 6.92 Å². The summed E-state index contributed by atoms with van der Waals surface area (Å²) in [6.07, 6.45) is 3.70. The summed E-state index contributed by atoms with van der Waals surface area (Å²) in [7, 11) is 0. The number of aromatic nitrogens is 2. The lowest BCUT2D eigenvalue weighted by molar-refractivity contribution is 0.0946. The maximum absolute atomic E-state index is 12.4. The molecule has 1 amide bonds. The van der Waals surface area contributed by atoms with E-state index >= 15 is 0 Å². The summed E-state index contributed by atoms with van der Waals surface area (Å²) in [5.74, 6) is 0.456. The van der Waals surface area contributed by atoms with Gasteiger partial charge in [0.25, 0.3) is 5.91 Å². The van der Waals surface area contributed by atoms with Crippen LogP contribution < -0.4 is 10.2 Å². The van der Waals surface area contributed by atoms with E-state index in [-0.39, 0.29) is 5.91 Å². The lowest BCUT2D eigenvalue weighted by Gasteiger charge is -2.21. The van der Waals surface area contributed by atoms with Gasteiger partial charge in [-0.1, -0.05) is 38.1 Å². The van der Waals surface area contributed by atoms with Crippen molar-refractivity contribution in [3.8, 4) is 0 Å². The molecule has 5 heteroatoms. The Labute approximate surface area is 144 Å². The number of amides is 1. The number of hydrogen-bond acceptors (Lipinski definition) is 4. The molecule has 5 nitrogen and oxygen atoms in total. The molecular formula is C19H26N4O. The average Bonchev–Trinajstić information content (AvgIpc) is 2.61. The zero-order chi connectivity index (χ0) is 17.4. The quantitative estimate of drug-likeness (QED) is 0.808. The molecule has 0 spiro atoms. The van der Waals surface area contributed by atoms with Gasteiger partial charge in [0, 0.05) is 25.8 Å². The van der Waals surface area contributed by atoms with Crippen molar-refractivity contribution >= 4 is 11.9 Å². The molecule has 0 bridgehead atoms. The van der Waals surface area contributed by atoms with Gasteiger partial charge in [-0.25, -0.2) is 9.97 Å². The minimum atomic E-state index is -0.171. The van der Waals surface area contributed by atoms with E-state index in [1.165, 1.54) is 5.56 Å². The van der Waals surface area contributed by atoms with Crippen LogP contribution in [0.25, 0.3) is 0 Å². The smallest absolute Gasteiger partial charge is 0.270 e. The van der Waals surface area contributed by atoms with Crippen molar-refractivity contribution < 1.29 is 4.79 Å². The maximum atomic E-state index is 12.4. The van der Waals surface area contributed by atoms with Crippen molar-refractivity contribution in [1.82, 2.24) is 15.3 Å². The number of nitrogens with zero attached hydrogens (tertiary/aromatic N) is 3. The molecule has 0 saturated heterocycles. The first-order valence-corrected chi connectivity index (χ1v) is 8.56. The van der Waals surface area contributed by atoms with Crippen LogP contribution in [0.1, 0.15) is 48.3 Å². The van der Waals surface area contributed by atoms with Crippen molar-refractivity contribution in [2.24, 2.45) is 0 Å². The van der Waals surface area contributed by atoms with Crippen LogP contribution in [-0.4, -0.2) is 29.0 Å². The molecule has 0 aliphatic rings. The summed E-state index contributed by atoms with van der Waals surface area (Å²) in [5.41, 5.74) is 2.68. The first-order chi connectivity index (χ1) is 11.7. The van der Waals surface area contributed by atoms with E-state index in [4.69, 9.17) is 0 Å². The maximum Gasteiger partial charge on any atom is 0.270 e. The number of anilines is 1. The monoisotopic (exact) mass is 326 g/mol. The fourth-order valence-corrected chi connectivity index (χ4v) is 2.55. The van der Waals surface area contributed by atoms with Gasteiger partial charge < -0.3 is 10.2 Å². The van der Waals surface area contributed by atoms with Gasteiger partial charge in [0.1, 0.15) is 5.69 Å². The van der Waals surface area contributed by atoms with E-state index in [0.29, 0.717) is 18.2 Å². The van der Waals surface area contributed by atoms with Crippen LogP contribution in [0.3, 0.4) is 0 Å². The molecule has 0 aliphatic carbocycles. The highest BCUT2D eigenvalue weighted by molar-refractivity contribution is 5.92. The lowest BCUT2D eigenvalue weighted by atomic mass is 10.1. The Hall–Kier alpha value is -2.43. The Bertz CT molecular complexity index is 666. The number of benzene rings is 1. The predicted octanol–water partition coefficient (Wildman–Crippen LogP) is 3.34. The molecule has 0 radical (unpaired) electrons. The summed E-state index contributed by atoms with van der Waals surface area (Å²) < 4.78 is 0.